The van der Waals surface area contributed by atoms with Gasteiger partial charge in [0.05, 0.1) is 17.2 Å². The summed E-state index contributed by atoms with van der Waals surface area (Å²) in [6.45, 7) is 5.57. The summed E-state index contributed by atoms with van der Waals surface area (Å²) in [5.74, 6) is -0.183. The number of ether oxygens (including phenoxy) is 1. The standard InChI is InChI=1S/C32H38BrN3O5S/c1-4-41-29-16-18-30(19-17-29)42(39,40)36(28-14-12-23(2)13-15-28)22-31(37)35(21-25-8-7-9-26(33)20-25)24(3)32(38)34-27-10-5-6-11-27/h7-9,12-20,24,27H,4-6,10-11,21-22H2,1-3H3,(H,34,38)/t24-/m1/s1. The number of sulfonamides is 1. The fourth-order valence-electron chi connectivity index (χ4n) is 5.05. The lowest BCUT2D eigenvalue weighted by Crippen LogP contribution is -2.52. The Morgan fingerprint density at radius 1 is 1.02 bits per heavy atom. The van der Waals surface area contributed by atoms with Crippen molar-refractivity contribution in [1.29, 1.82) is 0 Å². The van der Waals surface area contributed by atoms with Gasteiger partial charge in [-0.05, 0) is 87.7 Å². The number of nitrogens with one attached hydrogen (secondary N) is 1. The van der Waals surface area contributed by atoms with E-state index in [1.807, 2.05) is 38.1 Å². The summed E-state index contributed by atoms with van der Waals surface area (Å²) < 4.78 is 35.5. The van der Waals surface area contributed by atoms with Crippen LogP contribution in [-0.2, 0) is 26.2 Å². The minimum atomic E-state index is -4.15. The van der Waals surface area contributed by atoms with Crippen LogP contribution in [0.4, 0.5) is 5.69 Å². The number of benzene rings is 3. The Labute approximate surface area is 257 Å². The molecule has 8 nitrogen and oxygen atoms in total. The lowest BCUT2D eigenvalue weighted by atomic mass is 10.1. The van der Waals surface area contributed by atoms with E-state index < -0.39 is 28.5 Å². The smallest absolute Gasteiger partial charge is 0.264 e. The predicted octanol–water partition coefficient (Wildman–Crippen LogP) is 5.83. The van der Waals surface area contributed by atoms with Crippen LogP contribution in [-0.4, -0.2) is 50.4 Å². The maximum atomic E-state index is 14.1. The summed E-state index contributed by atoms with van der Waals surface area (Å²) in [6.07, 6.45) is 3.96. The highest BCUT2D eigenvalue weighted by Crippen LogP contribution is 2.27. The molecule has 3 aromatic carbocycles. The number of amides is 2. The van der Waals surface area contributed by atoms with Crippen LogP contribution in [0.15, 0.2) is 82.2 Å². The van der Waals surface area contributed by atoms with Gasteiger partial charge in [0.1, 0.15) is 18.3 Å². The third-order valence-electron chi connectivity index (χ3n) is 7.43. The third-order valence-corrected chi connectivity index (χ3v) is 9.72. The highest BCUT2D eigenvalue weighted by atomic mass is 79.9. The second kappa shape index (κ2) is 14.2. The molecule has 0 unspecified atom stereocenters. The summed E-state index contributed by atoms with van der Waals surface area (Å²) >= 11 is 3.48. The molecule has 224 valence electrons. The van der Waals surface area contributed by atoms with Crippen molar-refractivity contribution in [3.8, 4) is 5.75 Å². The van der Waals surface area contributed by atoms with Crippen molar-refractivity contribution < 1.29 is 22.7 Å². The van der Waals surface area contributed by atoms with Crippen molar-refractivity contribution in [2.45, 2.75) is 70.0 Å². The van der Waals surface area contributed by atoms with E-state index in [4.69, 9.17) is 4.74 Å². The molecule has 0 radical (unpaired) electrons. The SMILES string of the molecule is CCOc1ccc(S(=O)(=O)N(CC(=O)N(Cc2cccc(Br)c2)[C@H](C)C(=O)NC2CCCC2)c2ccc(C)cc2)cc1. The number of anilines is 1. The second-order valence-corrected chi connectivity index (χ2v) is 13.3. The Morgan fingerprint density at radius 3 is 2.31 bits per heavy atom. The van der Waals surface area contributed by atoms with Crippen LogP contribution in [0.25, 0.3) is 0 Å². The van der Waals surface area contributed by atoms with Crippen LogP contribution < -0.4 is 14.4 Å². The average Bonchev–Trinajstić information content (AvgIpc) is 3.48. The second-order valence-electron chi connectivity index (χ2n) is 10.6. The van der Waals surface area contributed by atoms with Crippen LogP contribution >= 0.6 is 15.9 Å². The Hall–Kier alpha value is -3.37. The first-order valence-electron chi connectivity index (χ1n) is 14.2. The van der Waals surface area contributed by atoms with Crippen LogP contribution in [0.3, 0.4) is 0 Å². The highest BCUT2D eigenvalue weighted by Gasteiger charge is 2.33. The molecule has 4 rings (SSSR count). The van der Waals surface area contributed by atoms with Crippen molar-refractivity contribution in [3.05, 3.63) is 88.4 Å². The summed E-state index contributed by atoms with van der Waals surface area (Å²) in [5.41, 5.74) is 2.12. The Balaban J connectivity index is 1.67. The normalized spacial score (nSPS) is 14.3. The molecule has 0 bridgehead atoms. The van der Waals surface area contributed by atoms with Gasteiger partial charge in [0, 0.05) is 17.1 Å². The number of carbonyl (C=O) groups excluding carboxylic acids is 2. The molecule has 1 saturated carbocycles. The molecule has 1 aliphatic rings. The average molecular weight is 657 g/mol. The van der Waals surface area contributed by atoms with Crippen molar-refractivity contribution >= 4 is 43.5 Å². The highest BCUT2D eigenvalue weighted by molar-refractivity contribution is 9.10. The summed E-state index contributed by atoms with van der Waals surface area (Å²) in [4.78, 5) is 28.9. The van der Waals surface area contributed by atoms with Crippen molar-refractivity contribution in [2.24, 2.45) is 0 Å². The maximum Gasteiger partial charge on any atom is 0.264 e. The van der Waals surface area contributed by atoms with E-state index in [-0.39, 0.29) is 23.4 Å². The Morgan fingerprint density at radius 2 is 1.69 bits per heavy atom. The molecular weight excluding hydrogens is 618 g/mol. The first-order chi connectivity index (χ1) is 20.1. The largest absolute Gasteiger partial charge is 0.494 e. The fourth-order valence-corrected chi connectivity index (χ4v) is 6.91. The molecular formula is C32H38BrN3O5S. The van der Waals surface area contributed by atoms with Gasteiger partial charge in [0.2, 0.25) is 11.8 Å². The van der Waals surface area contributed by atoms with Gasteiger partial charge in [-0.25, -0.2) is 8.42 Å². The van der Waals surface area contributed by atoms with E-state index in [1.54, 1.807) is 43.3 Å². The zero-order valence-electron chi connectivity index (χ0n) is 24.3. The number of carbonyl (C=O) groups is 2. The number of hydrogen-bond donors (Lipinski definition) is 1. The molecule has 1 aliphatic carbocycles. The zero-order chi connectivity index (χ0) is 30.3. The van der Waals surface area contributed by atoms with Crippen LogP contribution in [0.5, 0.6) is 5.75 Å². The van der Waals surface area contributed by atoms with Gasteiger partial charge in [0.15, 0.2) is 0 Å². The van der Waals surface area contributed by atoms with E-state index in [0.29, 0.717) is 18.0 Å². The number of nitrogens with zero attached hydrogens (tertiary/aromatic N) is 2. The lowest BCUT2D eigenvalue weighted by molar-refractivity contribution is -0.139. The van der Waals surface area contributed by atoms with Gasteiger partial charge in [0.25, 0.3) is 10.0 Å². The molecule has 10 heteroatoms. The molecule has 3 aromatic rings. The van der Waals surface area contributed by atoms with Gasteiger partial charge >= 0.3 is 0 Å². The first kappa shape index (κ1) is 31.6. The first-order valence-corrected chi connectivity index (χ1v) is 16.5. The van der Waals surface area contributed by atoms with Gasteiger partial charge in [-0.3, -0.25) is 13.9 Å². The number of rotatable bonds is 12. The van der Waals surface area contributed by atoms with Gasteiger partial charge in [-0.2, -0.15) is 0 Å². The number of hydrogen-bond acceptors (Lipinski definition) is 5. The Kier molecular flexibility index (Phi) is 10.7. The maximum absolute atomic E-state index is 14.1. The zero-order valence-corrected chi connectivity index (χ0v) is 26.7. The topological polar surface area (TPSA) is 96.0 Å². The quantitative estimate of drug-likeness (QED) is 0.265. The van der Waals surface area contributed by atoms with E-state index in [2.05, 4.69) is 21.2 Å². The molecule has 1 fully saturated rings. The molecule has 2 amide bonds. The van der Waals surface area contributed by atoms with E-state index in [0.717, 1.165) is 45.6 Å². The minimum Gasteiger partial charge on any atom is -0.494 e. The molecule has 1 atom stereocenters. The van der Waals surface area contributed by atoms with Gasteiger partial charge in [-0.15, -0.1) is 0 Å². The predicted molar refractivity (Wildman–Crippen MR) is 168 cm³/mol. The number of halogens is 1. The summed E-state index contributed by atoms with van der Waals surface area (Å²) in [5, 5.41) is 3.09. The van der Waals surface area contributed by atoms with Crippen molar-refractivity contribution in [3.63, 3.8) is 0 Å². The van der Waals surface area contributed by atoms with E-state index in [1.165, 1.54) is 17.0 Å². The molecule has 42 heavy (non-hydrogen) atoms. The van der Waals surface area contributed by atoms with Crippen LogP contribution in [0, 0.1) is 6.92 Å². The summed E-state index contributed by atoms with van der Waals surface area (Å²) in [6, 6.07) is 19.9. The molecule has 0 saturated heterocycles. The number of aryl methyl sites for hydroxylation is 1. The van der Waals surface area contributed by atoms with E-state index in [9.17, 15) is 18.0 Å². The molecule has 0 aliphatic heterocycles. The Bertz CT molecular complexity index is 1470. The van der Waals surface area contributed by atoms with E-state index >= 15 is 0 Å². The lowest BCUT2D eigenvalue weighted by Gasteiger charge is -2.32. The van der Waals surface area contributed by atoms with Crippen molar-refractivity contribution in [2.75, 3.05) is 17.5 Å². The molecule has 0 aromatic heterocycles. The molecule has 1 N–H and O–H groups in total. The van der Waals surface area contributed by atoms with Crippen LogP contribution in [0.2, 0.25) is 0 Å². The third kappa shape index (κ3) is 7.92. The van der Waals surface area contributed by atoms with Crippen molar-refractivity contribution in [1.82, 2.24) is 10.2 Å². The summed E-state index contributed by atoms with van der Waals surface area (Å²) in [7, 11) is -4.15. The monoisotopic (exact) mass is 655 g/mol. The minimum absolute atomic E-state index is 0.0323. The fraction of sp³-hybridized carbons (Fsp3) is 0.375. The molecule has 0 spiro atoms. The van der Waals surface area contributed by atoms with Gasteiger partial charge < -0.3 is 15.0 Å². The van der Waals surface area contributed by atoms with Crippen LogP contribution in [0.1, 0.15) is 50.7 Å². The van der Waals surface area contributed by atoms with Gasteiger partial charge in [-0.1, -0.05) is 58.6 Å². The molecule has 0 heterocycles.